The van der Waals surface area contributed by atoms with Gasteiger partial charge in [0.05, 0.1) is 33.4 Å². The van der Waals surface area contributed by atoms with Crippen molar-refractivity contribution in [2.45, 2.75) is 34.6 Å². The average molecular weight is 710 g/mol. The van der Waals surface area contributed by atoms with Crippen LogP contribution in [-0.2, 0) is 0 Å². The second-order valence-electron chi connectivity index (χ2n) is 14.8. The van der Waals surface area contributed by atoms with Crippen LogP contribution in [0.3, 0.4) is 0 Å². The highest BCUT2D eigenvalue weighted by molar-refractivity contribution is 6.12. The van der Waals surface area contributed by atoms with Crippen molar-refractivity contribution >= 4 is 43.6 Å². The highest BCUT2D eigenvalue weighted by atomic mass is 15.0. The first-order chi connectivity index (χ1) is 26.8. The second-order valence-corrected chi connectivity index (χ2v) is 14.8. The van der Waals surface area contributed by atoms with Crippen molar-refractivity contribution in [3.05, 3.63) is 174 Å². The van der Waals surface area contributed by atoms with Crippen molar-refractivity contribution in [2.24, 2.45) is 0 Å². The normalized spacial score (nSPS) is 11.7. The summed E-state index contributed by atoms with van der Waals surface area (Å²) >= 11 is 0. The Balaban J connectivity index is 1.35. The number of para-hydroxylation sites is 2. The van der Waals surface area contributed by atoms with Crippen LogP contribution in [-0.4, -0.2) is 24.1 Å². The lowest BCUT2D eigenvalue weighted by molar-refractivity contribution is 0.928. The smallest absolute Gasteiger partial charge is 0.163 e. The topological polar surface area (TPSA) is 48.5 Å². The zero-order valence-electron chi connectivity index (χ0n) is 31.6. The van der Waals surface area contributed by atoms with E-state index in [4.69, 9.17) is 9.97 Å². The molecule has 0 atom stereocenters. The van der Waals surface area contributed by atoms with Crippen molar-refractivity contribution in [2.75, 3.05) is 0 Å². The third kappa shape index (κ3) is 5.42. The maximum absolute atomic E-state index is 4.83. The molecule has 0 spiro atoms. The molecule has 0 aliphatic rings. The minimum absolute atomic E-state index is 0.667. The van der Waals surface area contributed by atoms with Crippen molar-refractivity contribution in [3.8, 4) is 45.0 Å². The summed E-state index contributed by atoms with van der Waals surface area (Å²) in [4.78, 5) is 14.2. The molecule has 5 heteroatoms. The molecule has 10 aromatic rings. The Labute approximate surface area is 320 Å². The van der Waals surface area contributed by atoms with E-state index in [1.807, 2.05) is 13.8 Å². The van der Waals surface area contributed by atoms with E-state index in [9.17, 15) is 0 Å². The van der Waals surface area contributed by atoms with E-state index >= 15 is 0 Å². The summed E-state index contributed by atoms with van der Waals surface area (Å²) in [6.45, 7) is 10.3. The first kappa shape index (κ1) is 32.8. The molecular weight excluding hydrogens is 671 g/mol. The van der Waals surface area contributed by atoms with Crippen LogP contribution in [0.25, 0.3) is 88.6 Å². The zero-order valence-corrected chi connectivity index (χ0v) is 31.6. The summed E-state index contributed by atoms with van der Waals surface area (Å²) < 4.78 is 4.89. The standard InChI is InChI=1S/C50H39N5/c1-30-14-18-35(19-15-30)36-20-22-40(49(29-36)55-45-13-9-7-11-39(45)42-27-32(3)17-24-47(42)55)43-28-37(50-52-33(4)51-34(5)53-50)21-25-48(43)54-44-12-8-6-10-38(44)41-26-31(2)16-23-46(41)54/h6-29H,1-5H3. The maximum Gasteiger partial charge on any atom is 0.163 e. The largest absolute Gasteiger partial charge is 0.309 e. The average Bonchev–Trinajstić information content (AvgIpc) is 3.69. The number of hydrogen-bond donors (Lipinski definition) is 0. The lowest BCUT2D eigenvalue weighted by atomic mass is 9.94. The van der Waals surface area contributed by atoms with Gasteiger partial charge in [-0.05, 0) is 106 Å². The summed E-state index contributed by atoms with van der Waals surface area (Å²) in [6.07, 6.45) is 0. The Morgan fingerprint density at radius 3 is 1.47 bits per heavy atom. The number of rotatable bonds is 5. The van der Waals surface area contributed by atoms with Gasteiger partial charge in [0, 0.05) is 38.2 Å². The third-order valence-corrected chi connectivity index (χ3v) is 10.9. The predicted octanol–water partition coefficient (Wildman–Crippen LogP) is 12.6. The number of nitrogens with zero attached hydrogens (tertiary/aromatic N) is 5. The highest BCUT2D eigenvalue weighted by Gasteiger charge is 2.22. The molecule has 0 saturated carbocycles. The Hall–Kier alpha value is -6.85. The van der Waals surface area contributed by atoms with E-state index in [-0.39, 0.29) is 0 Å². The molecule has 55 heavy (non-hydrogen) atoms. The van der Waals surface area contributed by atoms with E-state index in [1.54, 1.807) is 0 Å². The van der Waals surface area contributed by atoms with E-state index in [2.05, 4.69) is 180 Å². The van der Waals surface area contributed by atoms with Gasteiger partial charge in [0.15, 0.2) is 5.82 Å². The molecule has 7 aromatic carbocycles. The molecular formula is C50H39N5. The molecule has 0 amide bonds. The number of aryl methyl sites for hydroxylation is 5. The van der Waals surface area contributed by atoms with Gasteiger partial charge in [0.25, 0.3) is 0 Å². The summed E-state index contributed by atoms with van der Waals surface area (Å²) in [5, 5.41) is 4.94. The van der Waals surface area contributed by atoms with Gasteiger partial charge >= 0.3 is 0 Å². The lowest BCUT2D eigenvalue weighted by Crippen LogP contribution is -2.04. The molecule has 0 saturated heterocycles. The fraction of sp³-hybridized carbons (Fsp3) is 0.100. The van der Waals surface area contributed by atoms with Gasteiger partial charge in [-0.25, -0.2) is 15.0 Å². The maximum atomic E-state index is 4.83. The molecule has 0 fully saturated rings. The van der Waals surface area contributed by atoms with Crippen LogP contribution in [0.5, 0.6) is 0 Å². The van der Waals surface area contributed by atoms with Gasteiger partial charge in [0.2, 0.25) is 0 Å². The SMILES string of the molecule is Cc1ccc(-c2ccc(-c3cc(-c4nc(C)nc(C)n4)ccc3-n3c4ccccc4c4cc(C)ccc43)c(-n3c4ccccc4c4cc(C)ccc43)c2)cc1. The first-order valence-corrected chi connectivity index (χ1v) is 18.9. The van der Waals surface area contributed by atoms with E-state index in [1.165, 1.54) is 54.8 Å². The third-order valence-electron chi connectivity index (χ3n) is 10.9. The van der Waals surface area contributed by atoms with Gasteiger partial charge in [-0.2, -0.15) is 0 Å². The lowest BCUT2D eigenvalue weighted by Gasteiger charge is -2.20. The number of benzene rings is 7. The molecule has 0 aliphatic heterocycles. The first-order valence-electron chi connectivity index (χ1n) is 18.9. The van der Waals surface area contributed by atoms with Gasteiger partial charge in [-0.15, -0.1) is 0 Å². The van der Waals surface area contributed by atoms with Crippen LogP contribution in [0, 0.1) is 34.6 Å². The molecule has 5 nitrogen and oxygen atoms in total. The van der Waals surface area contributed by atoms with E-state index < -0.39 is 0 Å². The van der Waals surface area contributed by atoms with Crippen LogP contribution < -0.4 is 0 Å². The molecule has 0 radical (unpaired) electrons. The van der Waals surface area contributed by atoms with Crippen LogP contribution >= 0.6 is 0 Å². The van der Waals surface area contributed by atoms with Crippen molar-refractivity contribution in [1.82, 2.24) is 24.1 Å². The molecule has 0 aliphatic carbocycles. The summed E-state index contributed by atoms with van der Waals surface area (Å²) in [7, 11) is 0. The molecule has 0 bridgehead atoms. The molecule has 0 N–H and O–H groups in total. The molecule has 3 heterocycles. The fourth-order valence-electron chi connectivity index (χ4n) is 8.39. The fourth-order valence-corrected chi connectivity index (χ4v) is 8.39. The van der Waals surface area contributed by atoms with Crippen LogP contribution in [0.15, 0.2) is 146 Å². The van der Waals surface area contributed by atoms with Gasteiger partial charge in [0.1, 0.15) is 11.6 Å². The Morgan fingerprint density at radius 2 is 0.855 bits per heavy atom. The summed E-state index contributed by atoms with van der Waals surface area (Å²) in [5.41, 5.74) is 16.0. The highest BCUT2D eigenvalue weighted by Crippen LogP contribution is 2.43. The van der Waals surface area contributed by atoms with Gasteiger partial charge < -0.3 is 9.13 Å². The quantitative estimate of drug-likeness (QED) is 0.179. The Bertz CT molecular complexity index is 3120. The Kier molecular flexibility index (Phi) is 7.53. The van der Waals surface area contributed by atoms with Crippen molar-refractivity contribution < 1.29 is 0 Å². The van der Waals surface area contributed by atoms with E-state index in [0.717, 1.165) is 44.7 Å². The van der Waals surface area contributed by atoms with E-state index in [0.29, 0.717) is 17.5 Å². The van der Waals surface area contributed by atoms with Crippen LogP contribution in [0.4, 0.5) is 0 Å². The van der Waals surface area contributed by atoms with Crippen molar-refractivity contribution in [1.29, 1.82) is 0 Å². The van der Waals surface area contributed by atoms with Crippen LogP contribution in [0.1, 0.15) is 28.3 Å². The van der Waals surface area contributed by atoms with Crippen molar-refractivity contribution in [3.63, 3.8) is 0 Å². The number of fused-ring (bicyclic) bond motifs is 6. The van der Waals surface area contributed by atoms with Crippen LogP contribution in [0.2, 0.25) is 0 Å². The van der Waals surface area contributed by atoms with Gasteiger partial charge in [-0.1, -0.05) is 102 Å². The minimum Gasteiger partial charge on any atom is -0.309 e. The zero-order chi connectivity index (χ0) is 37.4. The number of hydrogen-bond acceptors (Lipinski definition) is 3. The predicted molar refractivity (Wildman–Crippen MR) is 228 cm³/mol. The monoisotopic (exact) mass is 709 g/mol. The molecule has 3 aromatic heterocycles. The minimum atomic E-state index is 0.667. The molecule has 0 unspecified atom stereocenters. The van der Waals surface area contributed by atoms with Gasteiger partial charge in [-0.3, -0.25) is 0 Å². The molecule has 10 rings (SSSR count). The molecule has 264 valence electrons. The Morgan fingerprint density at radius 1 is 0.345 bits per heavy atom. The summed E-state index contributed by atoms with van der Waals surface area (Å²) in [5.74, 6) is 2.07. The second kappa shape index (κ2) is 12.6. The number of aromatic nitrogens is 5. The summed E-state index contributed by atoms with van der Waals surface area (Å²) in [6, 6.07) is 53.6.